The average Bonchev–Trinajstić information content (AvgIpc) is 3.21. The van der Waals surface area contributed by atoms with Gasteiger partial charge in [-0.15, -0.1) is 11.8 Å². The fourth-order valence-electron chi connectivity index (χ4n) is 5.41. The van der Waals surface area contributed by atoms with Gasteiger partial charge in [-0.2, -0.15) is 0 Å². The van der Waals surface area contributed by atoms with Crippen LogP contribution in [0.1, 0.15) is 130 Å². The number of hydrogen-bond donors (Lipinski definition) is 7. The van der Waals surface area contributed by atoms with Crippen LogP contribution in [0, 0.1) is 5.92 Å². The Hall–Kier alpha value is -2.18. The average molecular weight is 944 g/mol. The molecule has 0 bridgehead atoms. The Balaban J connectivity index is 5.44. The highest BCUT2D eigenvalue weighted by Gasteiger charge is 2.29. The Morgan fingerprint density at radius 2 is 1.40 bits per heavy atom. The number of carboxylic acids is 1. The highest BCUT2D eigenvalue weighted by molar-refractivity contribution is 8.00. The third kappa shape index (κ3) is 37.2. The number of aliphatic carboxylic acids is 1. The summed E-state index contributed by atoms with van der Waals surface area (Å²) >= 11 is 1.16. The molecule has 0 heterocycles. The van der Waals surface area contributed by atoms with Gasteiger partial charge in [-0.25, -0.2) is 9.13 Å². The fourth-order valence-corrected chi connectivity index (χ4v) is 7.69. The zero-order valence-electron chi connectivity index (χ0n) is 36.8. The largest absolute Gasteiger partial charge is 0.481 e. The third-order valence-corrected chi connectivity index (χ3v) is 12.1. The lowest BCUT2D eigenvalue weighted by atomic mass is 10.00. The first-order valence-electron chi connectivity index (χ1n) is 21.7. The highest BCUT2D eigenvalue weighted by Crippen LogP contribution is 2.44. The number of esters is 2. The molecule has 0 radical (unpaired) electrons. The summed E-state index contributed by atoms with van der Waals surface area (Å²) in [5.41, 5.74) is 6.14. The van der Waals surface area contributed by atoms with E-state index in [1.807, 2.05) is 18.2 Å². The summed E-state index contributed by atoms with van der Waals surface area (Å²) in [6.07, 6.45) is 24.9. The standard InChI is InChI=1S/C42H75NO16P2S/c1-4-6-7-8-9-10-11-12-13-14-18-21-26-39(38(45)25-23-27-40(46)47)62-33-37(43)42(49)55-31-36(32-58-61(53,54)57-30-35(44)29-56-60(50,51)52)59-41(48)28-22-19-16-15-17-20-24-34(3)5-2/h9-10,12-14,18,21,26,34-39,44-45H,4-8,11,15-17,19-20,22-25,27-33,43H2,1-3H3,(H,46,47)(H,53,54)(H2,50,51,52)/b10-9-,13-12-,18-14+,26-21+/t34?,35-,36+,37-,38-,39+/m0/s1. The molecule has 20 heteroatoms. The topological polar surface area (TPSA) is 279 Å². The smallest absolute Gasteiger partial charge is 0.472 e. The van der Waals surface area contributed by atoms with Crippen molar-refractivity contribution in [2.45, 2.75) is 160 Å². The van der Waals surface area contributed by atoms with Gasteiger partial charge in [-0.1, -0.05) is 127 Å². The molecule has 360 valence electrons. The SMILES string of the molecule is CCCCC/C=C\C\C=C/C=C/C=C/[C@@H](SC[C@H](N)C(=O)OC[C@H](COP(=O)(O)OC[C@@H](O)COP(=O)(O)O)OC(=O)CCCCCCCCC(C)CC)[C@@H](O)CCCC(=O)O. The Kier molecular flexibility index (Phi) is 35.8. The van der Waals surface area contributed by atoms with Crippen LogP contribution < -0.4 is 5.73 Å². The molecule has 0 saturated heterocycles. The minimum absolute atomic E-state index is 0.0234. The summed E-state index contributed by atoms with van der Waals surface area (Å²) in [5.74, 6) is -1.89. The van der Waals surface area contributed by atoms with E-state index in [9.17, 15) is 38.6 Å². The van der Waals surface area contributed by atoms with Crippen molar-refractivity contribution in [2.75, 3.05) is 32.2 Å². The number of carboxylic acid groups (broad SMARTS) is 1. The van der Waals surface area contributed by atoms with Crippen LogP contribution in [0.15, 0.2) is 48.6 Å². The molecule has 0 aliphatic carbocycles. The zero-order valence-corrected chi connectivity index (χ0v) is 39.4. The van der Waals surface area contributed by atoms with Crippen molar-refractivity contribution < 1.29 is 76.6 Å². The Morgan fingerprint density at radius 3 is 2.08 bits per heavy atom. The molecule has 62 heavy (non-hydrogen) atoms. The molecule has 0 aromatic rings. The van der Waals surface area contributed by atoms with E-state index in [1.54, 1.807) is 18.2 Å². The number of thioether (sulfide) groups is 1. The van der Waals surface area contributed by atoms with E-state index in [0.717, 1.165) is 63.1 Å². The van der Waals surface area contributed by atoms with Gasteiger partial charge in [0.1, 0.15) is 18.8 Å². The van der Waals surface area contributed by atoms with Crippen LogP contribution in [0.5, 0.6) is 0 Å². The maximum absolute atomic E-state index is 13.0. The summed E-state index contributed by atoms with van der Waals surface area (Å²) in [6.45, 7) is 3.35. The number of aliphatic hydroxyl groups is 2. The van der Waals surface area contributed by atoms with Crippen molar-refractivity contribution in [1.82, 2.24) is 0 Å². The van der Waals surface area contributed by atoms with Gasteiger partial charge in [0.15, 0.2) is 6.10 Å². The lowest BCUT2D eigenvalue weighted by molar-refractivity contribution is -0.161. The predicted octanol–water partition coefficient (Wildman–Crippen LogP) is 7.45. The number of nitrogens with two attached hydrogens (primary N) is 1. The highest BCUT2D eigenvalue weighted by atomic mass is 32.2. The van der Waals surface area contributed by atoms with Gasteiger partial charge in [0.2, 0.25) is 0 Å². The Labute approximate surface area is 372 Å². The van der Waals surface area contributed by atoms with Crippen LogP contribution >= 0.6 is 27.4 Å². The predicted molar refractivity (Wildman–Crippen MR) is 240 cm³/mol. The number of rotatable bonds is 40. The van der Waals surface area contributed by atoms with Crippen molar-refractivity contribution in [3.63, 3.8) is 0 Å². The molecular formula is C42H75NO16P2S. The molecule has 0 fully saturated rings. The lowest BCUT2D eigenvalue weighted by Gasteiger charge is -2.22. The van der Waals surface area contributed by atoms with Crippen molar-refractivity contribution in [1.29, 1.82) is 0 Å². The van der Waals surface area contributed by atoms with E-state index >= 15 is 0 Å². The minimum atomic E-state index is -4.94. The van der Waals surface area contributed by atoms with E-state index in [2.05, 4.69) is 42.0 Å². The number of ether oxygens (including phenoxy) is 2. The summed E-state index contributed by atoms with van der Waals surface area (Å²) in [7, 11) is -9.86. The van der Waals surface area contributed by atoms with E-state index in [1.165, 1.54) is 25.7 Å². The van der Waals surface area contributed by atoms with Crippen LogP contribution in [0.2, 0.25) is 0 Å². The second-order valence-electron chi connectivity index (χ2n) is 15.1. The number of carbonyl (C=O) groups excluding carboxylic acids is 2. The normalized spacial score (nSPS) is 16.4. The van der Waals surface area contributed by atoms with Gasteiger partial charge in [-0.3, -0.25) is 28.0 Å². The monoisotopic (exact) mass is 943 g/mol. The molecule has 0 aromatic heterocycles. The molecule has 2 unspecified atom stereocenters. The summed E-state index contributed by atoms with van der Waals surface area (Å²) in [6, 6.07) is -1.22. The maximum Gasteiger partial charge on any atom is 0.472 e. The minimum Gasteiger partial charge on any atom is -0.481 e. The van der Waals surface area contributed by atoms with Gasteiger partial charge in [0, 0.05) is 23.8 Å². The Morgan fingerprint density at radius 1 is 0.742 bits per heavy atom. The van der Waals surface area contributed by atoms with Crippen LogP contribution in [0.25, 0.3) is 0 Å². The summed E-state index contributed by atoms with van der Waals surface area (Å²) < 4.78 is 47.8. The number of phosphoric ester groups is 2. The van der Waals surface area contributed by atoms with E-state index in [0.29, 0.717) is 12.3 Å². The first-order chi connectivity index (χ1) is 29.4. The summed E-state index contributed by atoms with van der Waals surface area (Å²) in [4.78, 5) is 64.4. The lowest BCUT2D eigenvalue weighted by Crippen LogP contribution is -2.38. The van der Waals surface area contributed by atoms with Crippen LogP contribution in [0.4, 0.5) is 0 Å². The molecule has 7 atom stereocenters. The molecule has 0 aliphatic heterocycles. The number of carbonyl (C=O) groups is 3. The van der Waals surface area contributed by atoms with Crippen LogP contribution in [0.3, 0.4) is 0 Å². The van der Waals surface area contributed by atoms with E-state index < -0.39 is 89.6 Å². The second kappa shape index (κ2) is 37.1. The number of allylic oxidation sites excluding steroid dienone is 7. The first kappa shape index (κ1) is 59.8. The molecule has 0 amide bonds. The van der Waals surface area contributed by atoms with E-state index in [-0.39, 0.29) is 31.4 Å². The first-order valence-corrected chi connectivity index (χ1v) is 25.7. The number of aliphatic hydroxyl groups excluding tert-OH is 2. The van der Waals surface area contributed by atoms with Gasteiger partial charge >= 0.3 is 33.6 Å². The molecular weight excluding hydrogens is 868 g/mol. The van der Waals surface area contributed by atoms with Gasteiger partial charge in [0.25, 0.3) is 0 Å². The van der Waals surface area contributed by atoms with Gasteiger partial charge in [0.05, 0.1) is 25.9 Å². The molecule has 0 aliphatic rings. The van der Waals surface area contributed by atoms with Crippen molar-refractivity contribution in [2.24, 2.45) is 11.7 Å². The van der Waals surface area contributed by atoms with Gasteiger partial charge < -0.3 is 45.2 Å². The quantitative estimate of drug-likeness (QED) is 0.0103. The third-order valence-electron chi connectivity index (χ3n) is 9.25. The molecule has 0 rings (SSSR count). The molecule has 0 spiro atoms. The number of unbranched alkanes of at least 4 members (excludes halogenated alkanes) is 8. The fraction of sp³-hybridized carbons (Fsp3) is 0.738. The number of phosphoric acid groups is 2. The second-order valence-corrected chi connectivity index (χ2v) is 19.0. The van der Waals surface area contributed by atoms with Crippen molar-refractivity contribution in [3.8, 4) is 0 Å². The van der Waals surface area contributed by atoms with E-state index in [4.69, 9.17) is 34.6 Å². The van der Waals surface area contributed by atoms with Crippen LogP contribution in [-0.2, 0) is 46.6 Å². The molecule has 0 saturated carbocycles. The summed E-state index contributed by atoms with van der Waals surface area (Å²) in [5, 5.41) is 29.1. The van der Waals surface area contributed by atoms with Crippen molar-refractivity contribution in [3.05, 3.63) is 48.6 Å². The molecule has 0 aromatic carbocycles. The number of hydrogen-bond acceptors (Lipinski definition) is 14. The maximum atomic E-state index is 13.0. The van der Waals surface area contributed by atoms with Gasteiger partial charge in [-0.05, 0) is 44.4 Å². The molecule has 8 N–H and O–H groups in total. The molecule has 17 nitrogen and oxygen atoms in total. The zero-order chi connectivity index (χ0) is 46.7. The van der Waals surface area contributed by atoms with Crippen molar-refractivity contribution >= 4 is 45.3 Å². The Bertz CT molecular complexity index is 1420. The van der Waals surface area contributed by atoms with Crippen LogP contribution in [-0.4, -0.2) is 110 Å².